The molecule has 3 rings (SSSR count). The molecule has 1 fully saturated rings. The van der Waals surface area contributed by atoms with E-state index in [0.29, 0.717) is 24.2 Å². The summed E-state index contributed by atoms with van der Waals surface area (Å²) in [5.74, 6) is 0.502. The number of aromatic nitrogens is 4. The molecule has 2 aromatic heterocycles. The fraction of sp³-hybridized carbons (Fsp3) is 0.583. The van der Waals surface area contributed by atoms with Crippen LogP contribution in [0.25, 0.3) is 5.65 Å². The van der Waals surface area contributed by atoms with E-state index in [2.05, 4.69) is 20.5 Å². The van der Waals surface area contributed by atoms with Crippen LogP contribution in [0.3, 0.4) is 0 Å². The number of rotatable bonds is 4. The normalized spacial score (nSPS) is 19.7. The van der Waals surface area contributed by atoms with Crippen molar-refractivity contribution in [2.45, 2.75) is 31.7 Å². The van der Waals surface area contributed by atoms with Gasteiger partial charge in [0.05, 0.1) is 6.61 Å². The van der Waals surface area contributed by atoms with Crippen LogP contribution in [0.4, 0.5) is 0 Å². The van der Waals surface area contributed by atoms with Crippen molar-refractivity contribution < 1.29 is 4.74 Å². The highest BCUT2D eigenvalue weighted by atomic mass is 16.5. The molecular weight excluding hydrogens is 246 g/mol. The fourth-order valence-electron chi connectivity index (χ4n) is 2.35. The molecule has 0 aromatic carbocycles. The Kier molecular flexibility index (Phi) is 3.45. The molecule has 1 saturated heterocycles. The topological polar surface area (TPSA) is 84.3 Å². The van der Waals surface area contributed by atoms with Gasteiger partial charge in [0.1, 0.15) is 6.33 Å². The first-order valence-corrected chi connectivity index (χ1v) is 6.62. The molecule has 1 atom stereocenters. The Hall–Kier alpha value is -1.89. The van der Waals surface area contributed by atoms with Gasteiger partial charge < -0.3 is 10.1 Å². The van der Waals surface area contributed by atoms with E-state index in [0.717, 1.165) is 13.0 Å². The maximum atomic E-state index is 11.3. The number of nitrogens with one attached hydrogen (secondary N) is 2. The molecule has 102 valence electrons. The van der Waals surface area contributed by atoms with Crippen molar-refractivity contribution in [1.29, 1.82) is 0 Å². The van der Waals surface area contributed by atoms with Crippen molar-refractivity contribution in [3.63, 3.8) is 0 Å². The van der Waals surface area contributed by atoms with Gasteiger partial charge in [0.25, 0.3) is 0 Å². The third-order valence-corrected chi connectivity index (χ3v) is 3.41. The van der Waals surface area contributed by atoms with Crippen molar-refractivity contribution in [3.05, 3.63) is 22.9 Å². The summed E-state index contributed by atoms with van der Waals surface area (Å²) in [4.78, 5) is 15.3. The first-order chi connectivity index (χ1) is 9.33. The van der Waals surface area contributed by atoms with E-state index >= 15 is 0 Å². The largest absolute Gasteiger partial charge is 0.477 e. The molecule has 1 aliphatic rings. The molecule has 2 aromatic rings. The predicted octanol–water partition coefficient (Wildman–Crippen LogP) is 0.329. The van der Waals surface area contributed by atoms with Gasteiger partial charge >= 0.3 is 5.69 Å². The first kappa shape index (κ1) is 12.2. The van der Waals surface area contributed by atoms with Crippen molar-refractivity contribution in [1.82, 2.24) is 24.9 Å². The van der Waals surface area contributed by atoms with Crippen LogP contribution in [0, 0.1) is 0 Å². The molecule has 19 heavy (non-hydrogen) atoms. The molecule has 0 radical (unpaired) electrons. The van der Waals surface area contributed by atoms with E-state index in [1.54, 1.807) is 6.07 Å². The third-order valence-electron chi connectivity index (χ3n) is 3.41. The SMILES string of the molecule is O=c1[nH]nc2cc(OCCC3CCCCN3)ncn12. The van der Waals surface area contributed by atoms with Crippen LogP contribution in [-0.2, 0) is 0 Å². The Morgan fingerprint density at radius 3 is 3.26 bits per heavy atom. The van der Waals surface area contributed by atoms with Gasteiger partial charge in [-0.15, -0.1) is 0 Å². The molecule has 7 nitrogen and oxygen atoms in total. The number of H-pyrrole nitrogens is 1. The lowest BCUT2D eigenvalue weighted by molar-refractivity contribution is 0.260. The predicted molar refractivity (Wildman–Crippen MR) is 69.4 cm³/mol. The third kappa shape index (κ3) is 2.76. The minimum absolute atomic E-state index is 0.291. The lowest BCUT2D eigenvalue weighted by Crippen LogP contribution is -2.35. The second kappa shape index (κ2) is 5.40. The molecule has 1 unspecified atom stereocenters. The summed E-state index contributed by atoms with van der Waals surface area (Å²) in [5, 5.41) is 9.71. The summed E-state index contributed by atoms with van der Waals surface area (Å²) in [7, 11) is 0. The number of hydrogen-bond donors (Lipinski definition) is 2. The van der Waals surface area contributed by atoms with E-state index in [1.165, 1.54) is 30.0 Å². The van der Waals surface area contributed by atoms with E-state index in [9.17, 15) is 4.79 Å². The van der Waals surface area contributed by atoms with E-state index in [4.69, 9.17) is 4.74 Å². The highest BCUT2D eigenvalue weighted by molar-refractivity contribution is 5.38. The second-order valence-corrected chi connectivity index (χ2v) is 4.77. The average Bonchev–Trinajstić information content (AvgIpc) is 2.81. The fourth-order valence-corrected chi connectivity index (χ4v) is 2.35. The van der Waals surface area contributed by atoms with Crippen molar-refractivity contribution in [2.24, 2.45) is 0 Å². The number of fused-ring (bicyclic) bond motifs is 1. The number of hydrogen-bond acceptors (Lipinski definition) is 5. The van der Waals surface area contributed by atoms with Crippen LogP contribution in [0.1, 0.15) is 25.7 Å². The van der Waals surface area contributed by atoms with E-state index in [-0.39, 0.29) is 5.69 Å². The van der Waals surface area contributed by atoms with Gasteiger partial charge in [0, 0.05) is 12.1 Å². The van der Waals surface area contributed by atoms with Crippen LogP contribution in [0.5, 0.6) is 5.88 Å². The number of nitrogens with zero attached hydrogens (tertiary/aromatic N) is 3. The van der Waals surface area contributed by atoms with Gasteiger partial charge in [-0.05, 0) is 25.8 Å². The van der Waals surface area contributed by atoms with Gasteiger partial charge in [0.2, 0.25) is 5.88 Å². The summed E-state index contributed by atoms with van der Waals surface area (Å²) in [5.41, 5.74) is 0.228. The average molecular weight is 263 g/mol. The standard InChI is InChI=1S/C12H17N5O2/c18-12-16-15-10-7-11(14-8-17(10)12)19-6-4-9-3-1-2-5-13-9/h7-9,13H,1-6H2,(H,16,18). The van der Waals surface area contributed by atoms with Crippen molar-refractivity contribution in [3.8, 4) is 5.88 Å². The maximum Gasteiger partial charge on any atom is 0.348 e. The zero-order valence-corrected chi connectivity index (χ0v) is 10.6. The Bertz CT molecular complexity index is 599. The van der Waals surface area contributed by atoms with Crippen molar-refractivity contribution >= 4 is 5.65 Å². The Balaban J connectivity index is 1.57. The molecule has 7 heteroatoms. The molecule has 2 N–H and O–H groups in total. The number of ether oxygens (including phenoxy) is 1. The van der Waals surface area contributed by atoms with Gasteiger partial charge in [-0.1, -0.05) is 6.42 Å². The van der Waals surface area contributed by atoms with Crippen LogP contribution >= 0.6 is 0 Å². The van der Waals surface area contributed by atoms with Gasteiger partial charge in [-0.25, -0.2) is 19.3 Å². The Morgan fingerprint density at radius 2 is 2.42 bits per heavy atom. The molecule has 0 spiro atoms. The Labute approximate surface area is 110 Å². The van der Waals surface area contributed by atoms with E-state index in [1.807, 2.05) is 0 Å². The monoisotopic (exact) mass is 263 g/mol. The molecular formula is C12H17N5O2. The quantitative estimate of drug-likeness (QED) is 0.830. The van der Waals surface area contributed by atoms with Crippen molar-refractivity contribution in [2.75, 3.05) is 13.2 Å². The van der Waals surface area contributed by atoms with Gasteiger partial charge in [0.15, 0.2) is 5.65 Å². The molecule has 3 heterocycles. The molecule has 0 saturated carbocycles. The first-order valence-electron chi connectivity index (χ1n) is 6.62. The molecule has 0 aliphatic carbocycles. The van der Waals surface area contributed by atoms with E-state index < -0.39 is 0 Å². The highest BCUT2D eigenvalue weighted by Gasteiger charge is 2.12. The zero-order valence-electron chi connectivity index (χ0n) is 10.6. The highest BCUT2D eigenvalue weighted by Crippen LogP contribution is 2.12. The molecule has 1 aliphatic heterocycles. The van der Waals surface area contributed by atoms with Gasteiger partial charge in [-0.2, -0.15) is 5.10 Å². The van der Waals surface area contributed by atoms with Gasteiger partial charge in [-0.3, -0.25) is 0 Å². The lowest BCUT2D eigenvalue weighted by atomic mass is 10.0. The minimum Gasteiger partial charge on any atom is -0.477 e. The summed E-state index contributed by atoms with van der Waals surface area (Å²) in [6.07, 6.45) is 6.17. The molecule has 0 bridgehead atoms. The summed E-state index contributed by atoms with van der Waals surface area (Å²) < 4.78 is 6.95. The maximum absolute atomic E-state index is 11.3. The van der Waals surface area contributed by atoms with Crippen LogP contribution in [0.15, 0.2) is 17.2 Å². The summed E-state index contributed by atoms with van der Waals surface area (Å²) >= 11 is 0. The second-order valence-electron chi connectivity index (χ2n) is 4.77. The van der Waals surface area contributed by atoms with Crippen LogP contribution in [-0.4, -0.2) is 38.8 Å². The lowest BCUT2D eigenvalue weighted by Gasteiger charge is -2.23. The summed E-state index contributed by atoms with van der Waals surface area (Å²) in [6.45, 7) is 1.72. The Morgan fingerprint density at radius 1 is 1.47 bits per heavy atom. The zero-order chi connectivity index (χ0) is 13.1. The smallest absolute Gasteiger partial charge is 0.348 e. The molecule has 0 amide bonds. The number of aromatic amines is 1. The number of piperidine rings is 1. The minimum atomic E-state index is -0.291. The van der Waals surface area contributed by atoms with Crippen LogP contribution < -0.4 is 15.7 Å². The van der Waals surface area contributed by atoms with Crippen LogP contribution in [0.2, 0.25) is 0 Å². The summed E-state index contributed by atoms with van der Waals surface area (Å²) in [6, 6.07) is 2.21.